The van der Waals surface area contributed by atoms with E-state index in [0.717, 1.165) is 54.1 Å². The van der Waals surface area contributed by atoms with Gasteiger partial charge in [0.25, 0.3) is 0 Å². The zero-order valence-electron chi connectivity index (χ0n) is 27.9. The fourth-order valence-electron chi connectivity index (χ4n) is 5.01. The van der Waals surface area contributed by atoms with Crippen molar-refractivity contribution in [3.8, 4) is 11.5 Å². The summed E-state index contributed by atoms with van der Waals surface area (Å²) in [5.41, 5.74) is 12.3. The first-order valence-corrected chi connectivity index (χ1v) is 15.9. The van der Waals surface area contributed by atoms with Gasteiger partial charge in [-0.15, -0.1) is 0 Å². The molecule has 0 saturated carbocycles. The Labute approximate surface area is 274 Å². The van der Waals surface area contributed by atoms with Crippen LogP contribution in [0.3, 0.4) is 0 Å². The SMILES string of the molecule is CC(=N)c1ccc(OCc2cccc(CNC(C)(C)CCC(C)(C)NCc3cccc(COc4ccc(C(=N)N)cc4)c3)c2)cc1. The molecule has 0 aliphatic heterocycles. The van der Waals surface area contributed by atoms with Crippen LogP contribution in [0.1, 0.15) is 80.8 Å². The maximum Gasteiger partial charge on any atom is 0.122 e. The van der Waals surface area contributed by atoms with Gasteiger partial charge in [0.15, 0.2) is 0 Å². The van der Waals surface area contributed by atoms with Crippen molar-refractivity contribution in [1.29, 1.82) is 10.8 Å². The second-order valence-corrected chi connectivity index (χ2v) is 13.3. The summed E-state index contributed by atoms with van der Waals surface area (Å²) < 4.78 is 11.9. The first kappa shape index (κ1) is 34.4. The van der Waals surface area contributed by atoms with E-state index in [1.807, 2.05) is 36.4 Å². The molecule has 0 spiro atoms. The van der Waals surface area contributed by atoms with Crippen molar-refractivity contribution in [2.45, 2.75) is 84.8 Å². The van der Waals surface area contributed by atoms with E-state index in [1.165, 1.54) is 11.1 Å². The summed E-state index contributed by atoms with van der Waals surface area (Å²) in [4.78, 5) is 0. The molecule has 0 fully saturated rings. The lowest BCUT2D eigenvalue weighted by Gasteiger charge is -2.33. The van der Waals surface area contributed by atoms with Gasteiger partial charge in [-0.1, -0.05) is 48.5 Å². The Morgan fingerprint density at radius 2 is 1.00 bits per heavy atom. The first-order chi connectivity index (χ1) is 21.9. The second kappa shape index (κ2) is 15.7. The molecule has 7 nitrogen and oxygen atoms in total. The van der Waals surface area contributed by atoms with E-state index in [2.05, 4.69) is 86.9 Å². The number of hydrogen-bond donors (Lipinski definition) is 5. The molecule has 0 aromatic heterocycles. The Morgan fingerprint density at radius 1 is 0.609 bits per heavy atom. The minimum Gasteiger partial charge on any atom is -0.489 e. The highest BCUT2D eigenvalue weighted by Crippen LogP contribution is 2.22. The highest BCUT2D eigenvalue weighted by molar-refractivity contribution is 5.96. The van der Waals surface area contributed by atoms with Crippen molar-refractivity contribution in [3.05, 3.63) is 130 Å². The molecule has 0 amide bonds. The minimum absolute atomic E-state index is 0.0277. The number of hydrogen-bond acceptors (Lipinski definition) is 6. The van der Waals surface area contributed by atoms with E-state index >= 15 is 0 Å². The van der Waals surface area contributed by atoms with E-state index in [1.54, 1.807) is 19.1 Å². The van der Waals surface area contributed by atoms with Crippen molar-refractivity contribution < 1.29 is 9.47 Å². The van der Waals surface area contributed by atoms with Crippen LogP contribution >= 0.6 is 0 Å². The van der Waals surface area contributed by atoms with Crippen LogP contribution in [0.15, 0.2) is 97.1 Å². The molecule has 242 valence electrons. The van der Waals surface area contributed by atoms with Crippen molar-refractivity contribution in [2.75, 3.05) is 0 Å². The minimum atomic E-state index is -0.0310. The van der Waals surface area contributed by atoms with Gasteiger partial charge in [0.05, 0.1) is 0 Å². The monoisotopic (exact) mass is 619 g/mol. The molecular formula is C39H49N5O2. The molecule has 4 aromatic rings. The van der Waals surface area contributed by atoms with Gasteiger partial charge in [0.1, 0.15) is 30.5 Å². The van der Waals surface area contributed by atoms with Crippen molar-refractivity contribution in [1.82, 2.24) is 10.6 Å². The predicted octanol–water partition coefficient (Wildman–Crippen LogP) is 7.73. The molecule has 0 radical (unpaired) electrons. The quantitative estimate of drug-likeness (QED) is 0.0613. The lowest BCUT2D eigenvalue weighted by atomic mass is 9.89. The number of nitrogen functional groups attached to an aromatic ring is 1. The van der Waals surface area contributed by atoms with Crippen LogP contribution < -0.4 is 25.8 Å². The Morgan fingerprint density at radius 3 is 1.39 bits per heavy atom. The van der Waals surface area contributed by atoms with Crippen LogP contribution in [0.2, 0.25) is 0 Å². The number of nitrogens with two attached hydrogens (primary N) is 1. The van der Waals surface area contributed by atoms with E-state index in [0.29, 0.717) is 24.5 Å². The molecule has 0 aliphatic rings. The highest BCUT2D eigenvalue weighted by atomic mass is 16.5. The van der Waals surface area contributed by atoms with E-state index in [4.69, 9.17) is 26.0 Å². The van der Waals surface area contributed by atoms with Crippen molar-refractivity contribution >= 4 is 11.5 Å². The lowest BCUT2D eigenvalue weighted by Crippen LogP contribution is -2.44. The maximum atomic E-state index is 7.75. The van der Waals surface area contributed by atoms with Crippen LogP contribution in [0.5, 0.6) is 11.5 Å². The molecule has 0 heterocycles. The summed E-state index contributed by atoms with van der Waals surface area (Å²) in [6, 6.07) is 32.0. The van der Waals surface area contributed by atoms with Gasteiger partial charge >= 0.3 is 0 Å². The normalized spacial score (nSPS) is 11.7. The van der Waals surface area contributed by atoms with Crippen LogP contribution in [0.25, 0.3) is 0 Å². The third kappa shape index (κ3) is 11.2. The fourth-order valence-corrected chi connectivity index (χ4v) is 5.01. The molecule has 4 aromatic carbocycles. The third-order valence-corrected chi connectivity index (χ3v) is 8.16. The molecular weight excluding hydrogens is 570 g/mol. The average Bonchev–Trinajstić information content (AvgIpc) is 3.05. The molecule has 46 heavy (non-hydrogen) atoms. The number of nitrogens with one attached hydrogen (secondary N) is 4. The summed E-state index contributed by atoms with van der Waals surface area (Å²) in [6.07, 6.45) is 2.05. The molecule has 7 heteroatoms. The highest BCUT2D eigenvalue weighted by Gasteiger charge is 2.24. The van der Waals surface area contributed by atoms with E-state index in [9.17, 15) is 0 Å². The van der Waals surface area contributed by atoms with Crippen LogP contribution in [0, 0.1) is 10.8 Å². The summed E-state index contributed by atoms with van der Waals surface area (Å²) in [5.74, 6) is 1.61. The van der Waals surface area contributed by atoms with Gasteiger partial charge < -0.3 is 31.3 Å². The molecule has 0 atom stereocenters. The fraction of sp³-hybridized carbons (Fsp3) is 0.333. The summed E-state index contributed by atoms with van der Waals surface area (Å²) >= 11 is 0. The zero-order chi connectivity index (χ0) is 33.2. The largest absolute Gasteiger partial charge is 0.489 e. The molecule has 0 unspecified atom stereocenters. The van der Waals surface area contributed by atoms with E-state index < -0.39 is 0 Å². The second-order valence-electron chi connectivity index (χ2n) is 13.3. The summed E-state index contributed by atoms with van der Waals surface area (Å²) in [7, 11) is 0. The standard InChI is InChI=1S/C39H49N5O2/c1-28(40)33-12-16-35(17-13-33)45-26-31-10-6-8-29(22-31)24-43-38(2,3)20-21-39(4,5)44-25-30-9-7-11-32(23-30)27-46-36-18-14-34(15-19-36)37(41)42/h6-19,22-23,40,43-44H,20-21,24-27H2,1-5H3,(H3,41,42). The Bertz CT molecular complexity index is 1470. The number of benzene rings is 4. The van der Waals surface area contributed by atoms with Gasteiger partial charge in [-0.05, 0) is 124 Å². The number of rotatable bonds is 17. The zero-order valence-corrected chi connectivity index (χ0v) is 27.9. The first-order valence-electron chi connectivity index (χ1n) is 15.9. The van der Waals surface area contributed by atoms with Gasteiger partial charge in [0.2, 0.25) is 0 Å². The predicted molar refractivity (Wildman–Crippen MR) is 189 cm³/mol. The molecule has 4 rings (SSSR count). The Balaban J connectivity index is 1.20. The van der Waals surface area contributed by atoms with Crippen molar-refractivity contribution in [3.63, 3.8) is 0 Å². The van der Waals surface area contributed by atoms with Gasteiger partial charge in [-0.2, -0.15) is 0 Å². The third-order valence-electron chi connectivity index (χ3n) is 8.16. The van der Waals surface area contributed by atoms with Gasteiger partial charge in [-0.3, -0.25) is 5.41 Å². The van der Waals surface area contributed by atoms with Crippen LogP contribution in [-0.2, 0) is 26.3 Å². The molecule has 0 saturated heterocycles. The van der Waals surface area contributed by atoms with Gasteiger partial charge in [0, 0.05) is 35.4 Å². The molecule has 0 aliphatic carbocycles. The van der Waals surface area contributed by atoms with Gasteiger partial charge in [-0.25, -0.2) is 0 Å². The Hall–Kier alpha value is -4.46. The average molecular weight is 620 g/mol. The van der Waals surface area contributed by atoms with Crippen LogP contribution in [0.4, 0.5) is 0 Å². The molecule has 6 N–H and O–H groups in total. The molecule has 0 bridgehead atoms. The number of amidine groups is 1. The topological polar surface area (TPSA) is 116 Å². The van der Waals surface area contributed by atoms with Crippen molar-refractivity contribution in [2.24, 2.45) is 5.73 Å². The van der Waals surface area contributed by atoms with Crippen LogP contribution in [-0.4, -0.2) is 22.6 Å². The lowest BCUT2D eigenvalue weighted by molar-refractivity contribution is 0.279. The number of ether oxygens (including phenoxy) is 2. The Kier molecular flexibility index (Phi) is 11.7. The summed E-state index contributed by atoms with van der Waals surface area (Å²) in [5, 5.41) is 22.8. The van der Waals surface area contributed by atoms with E-state index in [-0.39, 0.29) is 16.9 Å². The summed E-state index contributed by atoms with van der Waals surface area (Å²) in [6.45, 7) is 13.4. The smallest absolute Gasteiger partial charge is 0.122 e. The maximum absolute atomic E-state index is 7.75.